The zero-order valence-corrected chi connectivity index (χ0v) is 12.4. The standard InChI is InChI=1S/C14H21N2O2P/c1-3-12-10-15(12)19(17,16-11-13(16)4-2)18-14-8-6-5-7-9-14/h5-9,12-13H,3-4,10-11H2,1-2H3/t12-,13+,15?,16?,19?. The van der Waals surface area contributed by atoms with Gasteiger partial charge in [0.25, 0.3) is 0 Å². The minimum Gasteiger partial charge on any atom is -0.422 e. The van der Waals surface area contributed by atoms with Gasteiger partial charge in [0, 0.05) is 25.2 Å². The Morgan fingerprint density at radius 3 is 2.05 bits per heavy atom. The van der Waals surface area contributed by atoms with E-state index in [1.807, 2.05) is 39.7 Å². The molecule has 4 nitrogen and oxygen atoms in total. The molecule has 19 heavy (non-hydrogen) atoms. The Morgan fingerprint density at radius 1 is 1.11 bits per heavy atom. The average Bonchev–Trinajstić information content (AvgIpc) is 3.31. The van der Waals surface area contributed by atoms with Crippen molar-refractivity contribution in [1.29, 1.82) is 0 Å². The van der Waals surface area contributed by atoms with E-state index in [1.54, 1.807) is 0 Å². The van der Waals surface area contributed by atoms with Crippen LogP contribution in [0.2, 0.25) is 0 Å². The van der Waals surface area contributed by atoms with Gasteiger partial charge >= 0.3 is 7.67 Å². The quantitative estimate of drug-likeness (QED) is 0.591. The van der Waals surface area contributed by atoms with Crippen LogP contribution in [0.5, 0.6) is 5.75 Å². The summed E-state index contributed by atoms with van der Waals surface area (Å²) in [6.45, 7) is 6.06. The van der Waals surface area contributed by atoms with E-state index in [4.69, 9.17) is 4.52 Å². The molecule has 2 aliphatic rings. The molecule has 0 saturated carbocycles. The molecule has 0 amide bonds. The molecule has 2 heterocycles. The van der Waals surface area contributed by atoms with Gasteiger partial charge in [0.05, 0.1) is 0 Å². The Bertz CT molecular complexity index is 471. The van der Waals surface area contributed by atoms with Gasteiger partial charge in [-0.1, -0.05) is 32.0 Å². The van der Waals surface area contributed by atoms with Gasteiger partial charge < -0.3 is 4.52 Å². The van der Waals surface area contributed by atoms with Gasteiger partial charge in [0.15, 0.2) is 0 Å². The normalized spacial score (nSPS) is 35.5. The van der Waals surface area contributed by atoms with Crippen molar-refractivity contribution in [2.24, 2.45) is 0 Å². The minimum atomic E-state index is -2.84. The molecule has 0 N–H and O–H groups in total. The lowest BCUT2D eigenvalue weighted by molar-refractivity contribution is 0.395. The molecular weight excluding hydrogens is 259 g/mol. The van der Waals surface area contributed by atoms with Crippen molar-refractivity contribution >= 4 is 7.67 Å². The van der Waals surface area contributed by atoms with Gasteiger partial charge in [0.1, 0.15) is 5.75 Å². The van der Waals surface area contributed by atoms with E-state index in [1.165, 1.54) is 0 Å². The van der Waals surface area contributed by atoms with Gasteiger partial charge in [-0.05, 0) is 25.0 Å². The third-order valence-electron chi connectivity index (χ3n) is 3.93. The van der Waals surface area contributed by atoms with Gasteiger partial charge in [-0.3, -0.25) is 0 Å². The van der Waals surface area contributed by atoms with Crippen molar-refractivity contribution in [3.63, 3.8) is 0 Å². The highest BCUT2D eigenvalue weighted by atomic mass is 31.2. The molecule has 5 atom stereocenters. The molecule has 1 aromatic rings. The molecule has 0 aromatic heterocycles. The van der Waals surface area contributed by atoms with Crippen molar-refractivity contribution in [3.8, 4) is 5.75 Å². The van der Waals surface area contributed by atoms with E-state index in [2.05, 4.69) is 13.8 Å². The highest BCUT2D eigenvalue weighted by molar-refractivity contribution is 7.55. The molecule has 0 spiro atoms. The first-order valence-corrected chi connectivity index (χ1v) is 8.61. The summed E-state index contributed by atoms with van der Waals surface area (Å²) < 4.78 is 23.3. The Kier molecular flexibility index (Phi) is 3.42. The summed E-state index contributed by atoms with van der Waals surface area (Å²) in [5.41, 5.74) is 0. The van der Waals surface area contributed by atoms with Gasteiger partial charge in [-0.2, -0.15) is 0 Å². The lowest BCUT2D eigenvalue weighted by Crippen LogP contribution is -2.14. The van der Waals surface area contributed by atoms with Crippen molar-refractivity contribution < 1.29 is 9.09 Å². The number of benzene rings is 1. The van der Waals surface area contributed by atoms with Crippen LogP contribution >= 0.6 is 7.67 Å². The Hall–Kier alpha value is -0.830. The predicted molar refractivity (Wildman–Crippen MR) is 76.2 cm³/mol. The lowest BCUT2D eigenvalue weighted by atomic mass is 10.3. The van der Waals surface area contributed by atoms with Crippen molar-refractivity contribution in [2.75, 3.05) is 13.1 Å². The zero-order valence-electron chi connectivity index (χ0n) is 11.5. The first-order valence-electron chi connectivity index (χ1n) is 7.08. The number of para-hydroxylation sites is 1. The van der Waals surface area contributed by atoms with E-state index >= 15 is 0 Å². The summed E-state index contributed by atoms with van der Waals surface area (Å²) in [5.74, 6) is 0.703. The van der Waals surface area contributed by atoms with Crippen LogP contribution in [0, 0.1) is 0 Å². The van der Waals surface area contributed by atoms with E-state index in [0.717, 1.165) is 25.9 Å². The summed E-state index contributed by atoms with van der Waals surface area (Å²) in [6, 6.07) is 10.4. The molecule has 3 unspecified atom stereocenters. The first-order chi connectivity index (χ1) is 9.19. The fraction of sp³-hybridized carbons (Fsp3) is 0.571. The van der Waals surface area contributed by atoms with Crippen LogP contribution in [0.15, 0.2) is 30.3 Å². The Balaban J connectivity index is 1.80. The molecule has 104 valence electrons. The smallest absolute Gasteiger partial charge is 0.396 e. The third-order valence-corrected chi connectivity index (χ3v) is 6.66. The van der Waals surface area contributed by atoms with Crippen molar-refractivity contribution in [3.05, 3.63) is 30.3 Å². The Morgan fingerprint density at radius 2 is 1.63 bits per heavy atom. The summed E-state index contributed by atoms with van der Waals surface area (Å²) in [6.07, 6.45) is 2.07. The van der Waals surface area contributed by atoms with Crippen molar-refractivity contribution in [2.45, 2.75) is 38.8 Å². The van der Waals surface area contributed by atoms with E-state index in [-0.39, 0.29) is 0 Å². The minimum absolute atomic E-state index is 0.424. The molecule has 0 bridgehead atoms. The maximum absolute atomic E-state index is 13.3. The van der Waals surface area contributed by atoms with Crippen LogP contribution in [0.1, 0.15) is 26.7 Å². The van der Waals surface area contributed by atoms with Crippen LogP contribution in [0.25, 0.3) is 0 Å². The SMILES string of the molecule is CC[C@@H]1CN1P(=O)(Oc1ccccc1)N1C[C@@H]1CC. The van der Waals surface area contributed by atoms with Gasteiger partial charge in [0.2, 0.25) is 0 Å². The molecule has 3 rings (SSSR count). The molecule has 0 aliphatic carbocycles. The topological polar surface area (TPSA) is 32.3 Å². The van der Waals surface area contributed by atoms with E-state index < -0.39 is 7.67 Å². The molecular formula is C14H21N2O2P. The highest BCUT2D eigenvalue weighted by Crippen LogP contribution is 2.65. The second-order valence-corrected chi connectivity index (χ2v) is 7.45. The molecule has 2 fully saturated rings. The van der Waals surface area contributed by atoms with Crippen LogP contribution in [0.4, 0.5) is 0 Å². The monoisotopic (exact) mass is 280 g/mol. The summed E-state index contributed by atoms with van der Waals surface area (Å²) in [7, 11) is -2.84. The largest absolute Gasteiger partial charge is 0.422 e. The second-order valence-electron chi connectivity index (χ2n) is 5.26. The predicted octanol–water partition coefficient (Wildman–Crippen LogP) is 3.36. The third kappa shape index (κ3) is 2.45. The molecule has 0 radical (unpaired) electrons. The molecule has 5 heteroatoms. The van der Waals surface area contributed by atoms with Crippen LogP contribution in [0.3, 0.4) is 0 Å². The fourth-order valence-electron chi connectivity index (χ4n) is 2.51. The number of rotatable bonds is 6. The number of hydrogen-bond acceptors (Lipinski definition) is 2. The molecule has 2 saturated heterocycles. The maximum atomic E-state index is 13.3. The summed E-state index contributed by atoms with van der Waals surface area (Å²) in [5, 5.41) is 0. The summed E-state index contributed by atoms with van der Waals surface area (Å²) in [4.78, 5) is 0. The first kappa shape index (κ1) is 13.2. The van der Waals surface area contributed by atoms with E-state index in [0.29, 0.717) is 17.8 Å². The maximum Gasteiger partial charge on any atom is 0.396 e. The van der Waals surface area contributed by atoms with Gasteiger partial charge in [-0.25, -0.2) is 13.9 Å². The van der Waals surface area contributed by atoms with Crippen LogP contribution in [-0.2, 0) is 4.57 Å². The van der Waals surface area contributed by atoms with Crippen LogP contribution < -0.4 is 4.52 Å². The lowest BCUT2D eigenvalue weighted by Gasteiger charge is -2.22. The zero-order chi connectivity index (χ0) is 13.5. The number of nitrogens with zero attached hydrogens (tertiary/aromatic N) is 2. The highest BCUT2D eigenvalue weighted by Gasteiger charge is 2.58. The van der Waals surface area contributed by atoms with Gasteiger partial charge in [-0.15, -0.1) is 0 Å². The summed E-state index contributed by atoms with van der Waals surface area (Å²) >= 11 is 0. The molecule has 1 aromatic carbocycles. The number of hydrogen-bond donors (Lipinski definition) is 0. The fourth-order valence-corrected chi connectivity index (χ4v) is 5.35. The molecule has 2 aliphatic heterocycles. The average molecular weight is 280 g/mol. The van der Waals surface area contributed by atoms with E-state index in [9.17, 15) is 4.57 Å². The second kappa shape index (κ2) is 4.93. The Labute approximate surface area is 114 Å². The van der Waals surface area contributed by atoms with Crippen molar-refractivity contribution in [1.82, 2.24) is 9.34 Å². The van der Waals surface area contributed by atoms with Crippen LogP contribution in [-0.4, -0.2) is 34.5 Å².